The molecule has 0 spiro atoms. The molecule has 0 unspecified atom stereocenters. The van der Waals surface area contributed by atoms with Crippen LogP contribution in [0, 0.1) is 0 Å². The van der Waals surface area contributed by atoms with E-state index in [-0.39, 0.29) is 0 Å². The Bertz CT molecular complexity index is 227. The van der Waals surface area contributed by atoms with Gasteiger partial charge in [0.25, 0.3) is 0 Å². The summed E-state index contributed by atoms with van der Waals surface area (Å²) >= 11 is 0. The van der Waals surface area contributed by atoms with E-state index in [9.17, 15) is 0 Å². The average molecular weight is 153 g/mol. The SMILES string of the molecule is COc1cc(CCN)ncn1. The van der Waals surface area contributed by atoms with E-state index in [1.54, 1.807) is 13.2 Å². The molecule has 1 heterocycles. The van der Waals surface area contributed by atoms with Gasteiger partial charge >= 0.3 is 0 Å². The molecule has 0 atom stereocenters. The Morgan fingerprint density at radius 1 is 1.55 bits per heavy atom. The Kier molecular flexibility index (Phi) is 2.80. The van der Waals surface area contributed by atoms with Gasteiger partial charge in [-0.1, -0.05) is 0 Å². The Balaban J connectivity index is 2.74. The van der Waals surface area contributed by atoms with Crippen LogP contribution in [0.2, 0.25) is 0 Å². The Morgan fingerprint density at radius 2 is 2.36 bits per heavy atom. The molecule has 1 aromatic rings. The molecule has 4 nitrogen and oxygen atoms in total. The molecule has 0 bridgehead atoms. The summed E-state index contributed by atoms with van der Waals surface area (Å²) in [4.78, 5) is 7.87. The van der Waals surface area contributed by atoms with Crippen molar-refractivity contribution in [2.75, 3.05) is 13.7 Å². The molecule has 0 amide bonds. The van der Waals surface area contributed by atoms with Crippen molar-refractivity contribution in [1.82, 2.24) is 9.97 Å². The molecule has 0 fully saturated rings. The van der Waals surface area contributed by atoms with Gasteiger partial charge in [0.15, 0.2) is 0 Å². The third-order valence-electron chi connectivity index (χ3n) is 1.31. The van der Waals surface area contributed by atoms with E-state index in [1.165, 1.54) is 6.33 Å². The standard InChI is InChI=1S/C7H11N3O/c1-11-7-4-6(2-3-8)9-5-10-7/h4-5H,2-3,8H2,1H3. The molecule has 60 valence electrons. The molecule has 0 aliphatic carbocycles. The van der Waals surface area contributed by atoms with Crippen molar-refractivity contribution in [2.45, 2.75) is 6.42 Å². The van der Waals surface area contributed by atoms with Crippen LogP contribution in [0.1, 0.15) is 5.69 Å². The van der Waals surface area contributed by atoms with Crippen LogP contribution < -0.4 is 10.5 Å². The predicted molar refractivity (Wildman–Crippen MR) is 41.3 cm³/mol. The van der Waals surface area contributed by atoms with Crippen molar-refractivity contribution in [3.8, 4) is 5.88 Å². The van der Waals surface area contributed by atoms with Crippen LogP contribution in [0.3, 0.4) is 0 Å². The molecular weight excluding hydrogens is 142 g/mol. The predicted octanol–water partition coefficient (Wildman–Crippen LogP) is -0.0136. The fraction of sp³-hybridized carbons (Fsp3) is 0.429. The van der Waals surface area contributed by atoms with Crippen LogP contribution in [-0.4, -0.2) is 23.6 Å². The van der Waals surface area contributed by atoms with Gasteiger partial charge in [-0.2, -0.15) is 0 Å². The van der Waals surface area contributed by atoms with Gasteiger partial charge in [0.05, 0.1) is 7.11 Å². The van der Waals surface area contributed by atoms with Gasteiger partial charge in [0.1, 0.15) is 6.33 Å². The van der Waals surface area contributed by atoms with Crippen molar-refractivity contribution in [3.05, 3.63) is 18.1 Å². The van der Waals surface area contributed by atoms with Gasteiger partial charge < -0.3 is 10.5 Å². The highest BCUT2D eigenvalue weighted by Gasteiger charge is 1.95. The van der Waals surface area contributed by atoms with E-state index < -0.39 is 0 Å². The van der Waals surface area contributed by atoms with Crippen LogP contribution in [0.5, 0.6) is 5.88 Å². The highest BCUT2D eigenvalue weighted by molar-refractivity contribution is 5.13. The highest BCUT2D eigenvalue weighted by Crippen LogP contribution is 2.04. The van der Waals surface area contributed by atoms with Gasteiger partial charge in [0.2, 0.25) is 5.88 Å². The molecule has 11 heavy (non-hydrogen) atoms. The minimum Gasteiger partial charge on any atom is -0.481 e. The third-order valence-corrected chi connectivity index (χ3v) is 1.31. The van der Waals surface area contributed by atoms with Gasteiger partial charge in [-0.15, -0.1) is 0 Å². The molecule has 0 aliphatic rings. The molecule has 0 saturated carbocycles. The molecular formula is C7H11N3O. The third kappa shape index (κ3) is 2.16. The lowest BCUT2D eigenvalue weighted by Gasteiger charge is -1.99. The van der Waals surface area contributed by atoms with E-state index in [0.717, 1.165) is 12.1 Å². The topological polar surface area (TPSA) is 61.0 Å². The van der Waals surface area contributed by atoms with Gasteiger partial charge in [0, 0.05) is 18.2 Å². The Labute approximate surface area is 65.4 Å². The normalized spacial score (nSPS) is 9.64. The van der Waals surface area contributed by atoms with Crippen molar-refractivity contribution in [3.63, 3.8) is 0 Å². The minimum atomic E-state index is 0.587. The second kappa shape index (κ2) is 3.88. The largest absolute Gasteiger partial charge is 0.481 e. The van der Waals surface area contributed by atoms with E-state index in [2.05, 4.69) is 9.97 Å². The summed E-state index contributed by atoms with van der Waals surface area (Å²) in [6.45, 7) is 0.597. The molecule has 0 aliphatic heterocycles. The van der Waals surface area contributed by atoms with Crippen LogP contribution >= 0.6 is 0 Å². The lowest BCUT2D eigenvalue weighted by molar-refractivity contribution is 0.396. The fourth-order valence-corrected chi connectivity index (χ4v) is 0.773. The first-order valence-electron chi connectivity index (χ1n) is 3.42. The Hall–Kier alpha value is -1.16. The number of hydrogen-bond acceptors (Lipinski definition) is 4. The highest BCUT2D eigenvalue weighted by atomic mass is 16.5. The molecule has 2 N–H and O–H groups in total. The summed E-state index contributed by atoms with van der Waals surface area (Å²) in [5.74, 6) is 0.587. The number of rotatable bonds is 3. The van der Waals surface area contributed by atoms with E-state index >= 15 is 0 Å². The molecule has 1 rings (SSSR count). The van der Waals surface area contributed by atoms with Crippen LogP contribution in [0.4, 0.5) is 0 Å². The zero-order valence-electron chi connectivity index (χ0n) is 6.45. The minimum absolute atomic E-state index is 0.587. The zero-order valence-corrected chi connectivity index (χ0v) is 6.45. The Morgan fingerprint density at radius 3 is 3.00 bits per heavy atom. The summed E-state index contributed by atoms with van der Waals surface area (Å²) in [7, 11) is 1.58. The van der Waals surface area contributed by atoms with Crippen LogP contribution in [0.25, 0.3) is 0 Å². The number of nitrogens with two attached hydrogens (primary N) is 1. The number of hydrogen-bond donors (Lipinski definition) is 1. The molecule has 4 heteroatoms. The monoisotopic (exact) mass is 153 g/mol. The fourth-order valence-electron chi connectivity index (χ4n) is 0.773. The van der Waals surface area contributed by atoms with Crippen LogP contribution in [-0.2, 0) is 6.42 Å². The molecule has 1 aromatic heterocycles. The van der Waals surface area contributed by atoms with Crippen molar-refractivity contribution < 1.29 is 4.74 Å². The van der Waals surface area contributed by atoms with Crippen LogP contribution in [0.15, 0.2) is 12.4 Å². The number of nitrogens with zero attached hydrogens (tertiary/aromatic N) is 2. The zero-order chi connectivity index (χ0) is 8.10. The lowest BCUT2D eigenvalue weighted by atomic mass is 10.3. The van der Waals surface area contributed by atoms with E-state index in [4.69, 9.17) is 10.5 Å². The first-order valence-corrected chi connectivity index (χ1v) is 3.42. The smallest absolute Gasteiger partial charge is 0.216 e. The maximum absolute atomic E-state index is 5.35. The second-order valence-electron chi connectivity index (χ2n) is 2.09. The first kappa shape index (κ1) is 7.94. The molecule has 0 aromatic carbocycles. The summed E-state index contributed by atoms with van der Waals surface area (Å²) in [6.07, 6.45) is 2.24. The summed E-state index contributed by atoms with van der Waals surface area (Å²) in [5, 5.41) is 0. The maximum atomic E-state index is 5.35. The van der Waals surface area contributed by atoms with Crippen molar-refractivity contribution in [1.29, 1.82) is 0 Å². The molecule has 0 saturated heterocycles. The van der Waals surface area contributed by atoms with Crippen molar-refractivity contribution in [2.24, 2.45) is 5.73 Å². The van der Waals surface area contributed by atoms with E-state index in [0.29, 0.717) is 12.4 Å². The summed E-state index contributed by atoms with van der Waals surface area (Å²) in [5.41, 5.74) is 6.27. The maximum Gasteiger partial charge on any atom is 0.216 e. The van der Waals surface area contributed by atoms with Crippen molar-refractivity contribution >= 4 is 0 Å². The lowest BCUT2D eigenvalue weighted by Crippen LogP contribution is -2.04. The summed E-state index contributed by atoms with van der Waals surface area (Å²) < 4.78 is 4.91. The number of ether oxygens (including phenoxy) is 1. The molecule has 0 radical (unpaired) electrons. The second-order valence-corrected chi connectivity index (χ2v) is 2.09. The van der Waals surface area contributed by atoms with Gasteiger partial charge in [-0.25, -0.2) is 9.97 Å². The first-order chi connectivity index (χ1) is 5.36. The average Bonchev–Trinajstić information content (AvgIpc) is 2.06. The number of methoxy groups -OCH3 is 1. The quantitative estimate of drug-likeness (QED) is 0.663. The summed E-state index contributed by atoms with van der Waals surface area (Å²) in [6, 6.07) is 1.78. The van der Waals surface area contributed by atoms with Gasteiger partial charge in [-0.3, -0.25) is 0 Å². The van der Waals surface area contributed by atoms with Gasteiger partial charge in [-0.05, 0) is 6.54 Å². The van der Waals surface area contributed by atoms with E-state index in [1.807, 2.05) is 0 Å². The number of aromatic nitrogens is 2.